The van der Waals surface area contributed by atoms with Gasteiger partial charge in [-0.25, -0.2) is 10.8 Å². The Labute approximate surface area is 102 Å². The highest BCUT2D eigenvalue weighted by atomic mass is 15.3. The molecule has 1 saturated heterocycles. The van der Waals surface area contributed by atoms with Crippen LogP contribution >= 0.6 is 0 Å². The molecule has 2 heterocycles. The van der Waals surface area contributed by atoms with Gasteiger partial charge in [-0.2, -0.15) is 0 Å². The van der Waals surface area contributed by atoms with Crippen molar-refractivity contribution >= 4 is 11.6 Å². The van der Waals surface area contributed by atoms with Gasteiger partial charge < -0.3 is 15.6 Å². The summed E-state index contributed by atoms with van der Waals surface area (Å²) in [4.78, 5) is 10.8. The van der Waals surface area contributed by atoms with Gasteiger partial charge in [-0.15, -0.1) is 0 Å². The molecule has 0 bridgehead atoms. The minimum absolute atomic E-state index is 0.577. The second-order valence-electron chi connectivity index (χ2n) is 4.26. The maximum atomic E-state index is 5.28. The van der Waals surface area contributed by atoms with E-state index in [4.69, 9.17) is 5.84 Å². The standard InChI is InChI=1S/C11H20N6/c12-16-11-9-13-8-10(15-11)14-4-7-17-5-2-1-3-6-17/h8-9H,1-7,12H2,(H2,14,15,16). The Morgan fingerprint density at radius 3 is 2.71 bits per heavy atom. The maximum absolute atomic E-state index is 5.28. The van der Waals surface area contributed by atoms with Crippen LogP contribution in [0, 0.1) is 0 Å². The Morgan fingerprint density at radius 1 is 1.18 bits per heavy atom. The molecule has 0 aromatic carbocycles. The first kappa shape index (κ1) is 12.1. The van der Waals surface area contributed by atoms with Crippen molar-refractivity contribution in [3.05, 3.63) is 12.4 Å². The van der Waals surface area contributed by atoms with Crippen molar-refractivity contribution in [3.63, 3.8) is 0 Å². The fraction of sp³-hybridized carbons (Fsp3) is 0.636. The molecule has 0 radical (unpaired) electrons. The zero-order valence-corrected chi connectivity index (χ0v) is 10.0. The highest BCUT2D eigenvalue weighted by molar-refractivity contribution is 5.40. The molecule has 6 nitrogen and oxygen atoms in total. The summed E-state index contributed by atoms with van der Waals surface area (Å²) in [6.45, 7) is 4.39. The van der Waals surface area contributed by atoms with Gasteiger partial charge >= 0.3 is 0 Å². The topological polar surface area (TPSA) is 79.1 Å². The van der Waals surface area contributed by atoms with Gasteiger partial charge in [-0.1, -0.05) is 6.42 Å². The molecule has 0 amide bonds. The summed E-state index contributed by atoms with van der Waals surface area (Å²) in [5, 5.41) is 3.26. The molecule has 0 unspecified atom stereocenters. The van der Waals surface area contributed by atoms with E-state index in [0.717, 1.165) is 18.9 Å². The molecule has 1 aliphatic rings. The minimum atomic E-state index is 0.577. The normalized spacial score (nSPS) is 16.8. The van der Waals surface area contributed by atoms with Crippen molar-refractivity contribution < 1.29 is 0 Å². The number of nitrogens with one attached hydrogen (secondary N) is 2. The fourth-order valence-electron chi connectivity index (χ4n) is 2.05. The second-order valence-corrected chi connectivity index (χ2v) is 4.26. The Bertz CT molecular complexity index is 336. The molecule has 0 aliphatic carbocycles. The fourth-order valence-corrected chi connectivity index (χ4v) is 2.05. The van der Waals surface area contributed by atoms with Gasteiger partial charge in [0.15, 0.2) is 5.82 Å². The van der Waals surface area contributed by atoms with Gasteiger partial charge in [-0.05, 0) is 25.9 Å². The van der Waals surface area contributed by atoms with E-state index < -0.39 is 0 Å². The molecule has 17 heavy (non-hydrogen) atoms. The first-order valence-corrected chi connectivity index (χ1v) is 6.13. The molecule has 0 saturated carbocycles. The van der Waals surface area contributed by atoms with Gasteiger partial charge in [0.1, 0.15) is 5.82 Å². The molecule has 94 valence electrons. The summed E-state index contributed by atoms with van der Waals surface area (Å²) in [6.07, 6.45) is 7.32. The molecule has 0 spiro atoms. The number of aromatic nitrogens is 2. The number of anilines is 2. The predicted molar refractivity (Wildman–Crippen MR) is 68.6 cm³/mol. The van der Waals surface area contributed by atoms with Crippen LogP contribution in [-0.4, -0.2) is 41.0 Å². The third kappa shape index (κ3) is 3.83. The number of hydrogen-bond acceptors (Lipinski definition) is 6. The largest absolute Gasteiger partial charge is 0.367 e. The minimum Gasteiger partial charge on any atom is -0.367 e. The molecule has 4 N–H and O–H groups in total. The number of likely N-dealkylation sites (tertiary alicyclic amines) is 1. The highest BCUT2D eigenvalue weighted by Crippen LogP contribution is 2.08. The third-order valence-electron chi connectivity index (χ3n) is 2.97. The highest BCUT2D eigenvalue weighted by Gasteiger charge is 2.08. The van der Waals surface area contributed by atoms with Crippen LogP contribution in [0.25, 0.3) is 0 Å². The van der Waals surface area contributed by atoms with Crippen molar-refractivity contribution in [3.8, 4) is 0 Å². The Kier molecular flexibility index (Phi) is 4.52. The summed E-state index contributed by atoms with van der Waals surface area (Å²) in [7, 11) is 0. The molecule has 2 rings (SSSR count). The Balaban J connectivity index is 1.73. The third-order valence-corrected chi connectivity index (χ3v) is 2.97. The van der Waals surface area contributed by atoms with Gasteiger partial charge in [0.05, 0.1) is 12.4 Å². The average molecular weight is 236 g/mol. The quantitative estimate of drug-likeness (QED) is 0.515. The zero-order chi connectivity index (χ0) is 11.9. The molecule has 1 aromatic heterocycles. The van der Waals surface area contributed by atoms with E-state index in [0.29, 0.717) is 5.82 Å². The van der Waals surface area contributed by atoms with E-state index in [1.54, 1.807) is 12.4 Å². The number of hydrogen-bond donors (Lipinski definition) is 3. The second kappa shape index (κ2) is 6.36. The molecular weight excluding hydrogens is 216 g/mol. The van der Waals surface area contributed by atoms with Gasteiger partial charge in [0.25, 0.3) is 0 Å². The monoisotopic (exact) mass is 236 g/mol. The maximum Gasteiger partial charge on any atom is 0.160 e. The van der Waals surface area contributed by atoms with Crippen molar-refractivity contribution in [1.29, 1.82) is 0 Å². The lowest BCUT2D eigenvalue weighted by atomic mass is 10.1. The first-order chi connectivity index (χ1) is 8.38. The number of rotatable bonds is 5. The summed E-state index contributed by atoms with van der Waals surface area (Å²) < 4.78 is 0. The van der Waals surface area contributed by atoms with Gasteiger partial charge in [0, 0.05) is 13.1 Å². The van der Waals surface area contributed by atoms with Crippen LogP contribution in [0.3, 0.4) is 0 Å². The number of nitrogen functional groups attached to an aromatic ring is 1. The van der Waals surface area contributed by atoms with E-state index in [1.807, 2.05) is 0 Å². The van der Waals surface area contributed by atoms with Crippen LogP contribution in [0.4, 0.5) is 11.6 Å². The van der Waals surface area contributed by atoms with E-state index >= 15 is 0 Å². The van der Waals surface area contributed by atoms with Crippen molar-refractivity contribution in [1.82, 2.24) is 14.9 Å². The van der Waals surface area contributed by atoms with Crippen LogP contribution < -0.4 is 16.6 Å². The lowest BCUT2D eigenvalue weighted by Gasteiger charge is -2.26. The van der Waals surface area contributed by atoms with Gasteiger partial charge in [0.2, 0.25) is 0 Å². The average Bonchev–Trinajstić information content (AvgIpc) is 2.40. The SMILES string of the molecule is NNc1cncc(NCCN2CCCCC2)n1. The molecule has 1 fully saturated rings. The predicted octanol–water partition coefficient (Wildman–Crippen LogP) is 0.660. The number of nitrogens with two attached hydrogens (primary N) is 1. The van der Waals surface area contributed by atoms with Crippen LogP contribution in [0.2, 0.25) is 0 Å². The number of nitrogens with zero attached hydrogens (tertiary/aromatic N) is 3. The lowest BCUT2D eigenvalue weighted by Crippen LogP contribution is -2.33. The molecule has 1 aliphatic heterocycles. The molecule has 1 aromatic rings. The molecule has 0 atom stereocenters. The van der Waals surface area contributed by atoms with Gasteiger partial charge in [-0.3, -0.25) is 4.98 Å². The number of hydrazine groups is 1. The Morgan fingerprint density at radius 2 is 1.94 bits per heavy atom. The van der Waals surface area contributed by atoms with E-state index in [9.17, 15) is 0 Å². The van der Waals surface area contributed by atoms with E-state index in [-0.39, 0.29) is 0 Å². The van der Waals surface area contributed by atoms with Crippen LogP contribution in [0.5, 0.6) is 0 Å². The van der Waals surface area contributed by atoms with E-state index in [2.05, 4.69) is 25.6 Å². The number of piperidine rings is 1. The van der Waals surface area contributed by atoms with E-state index in [1.165, 1.54) is 32.4 Å². The van der Waals surface area contributed by atoms with Crippen LogP contribution in [-0.2, 0) is 0 Å². The molecule has 6 heteroatoms. The van der Waals surface area contributed by atoms with Crippen molar-refractivity contribution in [2.45, 2.75) is 19.3 Å². The van der Waals surface area contributed by atoms with Crippen molar-refractivity contribution in [2.75, 3.05) is 36.9 Å². The zero-order valence-electron chi connectivity index (χ0n) is 10.0. The van der Waals surface area contributed by atoms with Crippen molar-refractivity contribution in [2.24, 2.45) is 5.84 Å². The summed E-state index contributed by atoms with van der Waals surface area (Å²) >= 11 is 0. The first-order valence-electron chi connectivity index (χ1n) is 6.13. The molecular formula is C11H20N6. The lowest BCUT2D eigenvalue weighted by molar-refractivity contribution is 0.237. The van der Waals surface area contributed by atoms with Crippen LogP contribution in [0.1, 0.15) is 19.3 Å². The summed E-state index contributed by atoms with van der Waals surface area (Å²) in [5.41, 5.74) is 2.48. The summed E-state index contributed by atoms with van der Waals surface area (Å²) in [6, 6.07) is 0. The summed E-state index contributed by atoms with van der Waals surface area (Å²) in [5.74, 6) is 6.61. The van der Waals surface area contributed by atoms with Crippen LogP contribution in [0.15, 0.2) is 12.4 Å². The Hall–Kier alpha value is -1.40. The smallest absolute Gasteiger partial charge is 0.160 e.